The molecule has 136 valence electrons. The van der Waals surface area contributed by atoms with E-state index in [9.17, 15) is 0 Å². The monoisotopic (exact) mass is 348 g/mol. The molecule has 0 saturated heterocycles. The quantitative estimate of drug-likeness (QED) is 0.323. The molecule has 0 heterocycles. The second kappa shape index (κ2) is 10.2. The number of nitrogens with one attached hydrogen (secondary N) is 2. The first-order chi connectivity index (χ1) is 12.7. The summed E-state index contributed by atoms with van der Waals surface area (Å²) in [6.45, 7) is 5.74. The Morgan fingerprint density at radius 3 is 2.35 bits per heavy atom. The van der Waals surface area contributed by atoms with Gasteiger partial charge in [-0.15, -0.1) is 0 Å². The fraction of sp³-hybridized carbons (Fsp3) is 0.364. The van der Waals surface area contributed by atoms with E-state index < -0.39 is 0 Å². The van der Waals surface area contributed by atoms with E-state index in [1.807, 2.05) is 42.6 Å². The van der Waals surface area contributed by atoms with Crippen LogP contribution >= 0.6 is 0 Å². The van der Waals surface area contributed by atoms with Crippen molar-refractivity contribution in [2.45, 2.75) is 45.1 Å². The molecule has 0 radical (unpaired) electrons. The normalized spacial score (nSPS) is 13.5. The van der Waals surface area contributed by atoms with Crippen LogP contribution in [0.25, 0.3) is 0 Å². The van der Waals surface area contributed by atoms with Crippen LogP contribution in [-0.4, -0.2) is 12.5 Å². The van der Waals surface area contributed by atoms with Crippen LogP contribution in [0.2, 0.25) is 0 Å². The average Bonchev–Trinajstić information content (AvgIpc) is 2.70. The fourth-order valence-electron chi connectivity index (χ4n) is 2.97. The summed E-state index contributed by atoms with van der Waals surface area (Å²) in [7, 11) is 0. The molecule has 0 aromatic heterocycles. The van der Waals surface area contributed by atoms with E-state index in [0.29, 0.717) is 12.5 Å². The Bertz CT molecular complexity index is 719. The Kier molecular flexibility index (Phi) is 7.70. The molecule has 0 saturated carbocycles. The van der Waals surface area contributed by atoms with Crippen molar-refractivity contribution in [2.24, 2.45) is 4.99 Å². The maximum absolute atomic E-state index is 9.04. The van der Waals surface area contributed by atoms with Crippen molar-refractivity contribution in [3.8, 4) is 6.19 Å². The third kappa shape index (κ3) is 5.93. The van der Waals surface area contributed by atoms with Crippen LogP contribution in [0.15, 0.2) is 65.7 Å². The zero-order chi connectivity index (χ0) is 18.7. The van der Waals surface area contributed by atoms with Crippen molar-refractivity contribution in [2.75, 3.05) is 6.54 Å². The highest BCUT2D eigenvalue weighted by Gasteiger charge is 2.26. The smallest absolute Gasteiger partial charge is 0.205 e. The summed E-state index contributed by atoms with van der Waals surface area (Å²) < 4.78 is 0. The second-order valence-corrected chi connectivity index (χ2v) is 6.77. The van der Waals surface area contributed by atoms with Crippen LogP contribution in [-0.2, 0) is 12.0 Å². The zero-order valence-corrected chi connectivity index (χ0v) is 15.7. The first kappa shape index (κ1) is 19.5. The predicted molar refractivity (Wildman–Crippen MR) is 108 cm³/mol. The lowest BCUT2D eigenvalue weighted by Gasteiger charge is -2.31. The number of unbranched alkanes of at least 4 members (excludes halogenated alkanes) is 1. The fourth-order valence-corrected chi connectivity index (χ4v) is 2.97. The van der Waals surface area contributed by atoms with E-state index in [-0.39, 0.29) is 5.41 Å². The summed E-state index contributed by atoms with van der Waals surface area (Å²) in [6, 6.07) is 20.6. The third-order valence-electron chi connectivity index (χ3n) is 4.64. The van der Waals surface area contributed by atoms with Crippen LogP contribution in [0.5, 0.6) is 0 Å². The molecule has 0 amide bonds. The standard InChI is InChI=1S/C22H28N4/c1-3-4-15-22(2,20-13-9-6-10-14-20)17-25-21(26-18-23)24-16-19-11-7-5-8-12-19/h5-14H,3-4,15-17H2,1-2H3,(H2,24,25,26). The maximum atomic E-state index is 9.04. The molecule has 0 aliphatic carbocycles. The molecule has 0 aliphatic heterocycles. The lowest BCUT2D eigenvalue weighted by Crippen LogP contribution is -2.43. The molecule has 2 rings (SSSR count). The van der Waals surface area contributed by atoms with Gasteiger partial charge in [-0.1, -0.05) is 87.4 Å². The third-order valence-corrected chi connectivity index (χ3v) is 4.64. The molecule has 1 unspecified atom stereocenters. The van der Waals surface area contributed by atoms with Crippen LogP contribution in [0.1, 0.15) is 44.2 Å². The van der Waals surface area contributed by atoms with Gasteiger partial charge in [0.2, 0.25) is 5.96 Å². The summed E-state index contributed by atoms with van der Waals surface area (Å²) in [4.78, 5) is 4.53. The van der Waals surface area contributed by atoms with Crippen molar-refractivity contribution >= 4 is 5.96 Å². The molecule has 26 heavy (non-hydrogen) atoms. The molecule has 0 aliphatic rings. The molecule has 0 spiro atoms. The number of rotatable bonds is 8. The van der Waals surface area contributed by atoms with Crippen molar-refractivity contribution in [1.82, 2.24) is 10.6 Å². The van der Waals surface area contributed by atoms with Gasteiger partial charge in [-0.3, -0.25) is 5.32 Å². The average molecular weight is 348 g/mol. The van der Waals surface area contributed by atoms with E-state index in [1.54, 1.807) is 0 Å². The first-order valence-electron chi connectivity index (χ1n) is 9.21. The molecule has 1 atom stereocenters. The largest absolute Gasteiger partial charge is 0.355 e. The number of hydrogen-bond acceptors (Lipinski definition) is 2. The molecular weight excluding hydrogens is 320 g/mol. The number of aliphatic imine (C=N–C) groups is 1. The summed E-state index contributed by atoms with van der Waals surface area (Å²) in [6.07, 6.45) is 5.38. The van der Waals surface area contributed by atoms with Crippen molar-refractivity contribution in [3.05, 3.63) is 71.8 Å². The number of guanidine groups is 1. The van der Waals surface area contributed by atoms with E-state index in [2.05, 4.69) is 53.7 Å². The Morgan fingerprint density at radius 1 is 1.08 bits per heavy atom. The summed E-state index contributed by atoms with van der Waals surface area (Å²) in [5.41, 5.74) is 2.41. The molecule has 4 heteroatoms. The van der Waals surface area contributed by atoms with Crippen LogP contribution in [0, 0.1) is 11.5 Å². The van der Waals surface area contributed by atoms with Gasteiger partial charge in [-0.2, -0.15) is 5.26 Å². The Morgan fingerprint density at radius 2 is 1.73 bits per heavy atom. The highest BCUT2D eigenvalue weighted by atomic mass is 15.2. The maximum Gasteiger partial charge on any atom is 0.205 e. The van der Waals surface area contributed by atoms with Gasteiger partial charge >= 0.3 is 0 Å². The second-order valence-electron chi connectivity index (χ2n) is 6.77. The minimum Gasteiger partial charge on any atom is -0.355 e. The van der Waals surface area contributed by atoms with E-state index >= 15 is 0 Å². The van der Waals surface area contributed by atoms with E-state index in [1.165, 1.54) is 5.56 Å². The zero-order valence-electron chi connectivity index (χ0n) is 15.7. The van der Waals surface area contributed by atoms with Gasteiger partial charge in [0.25, 0.3) is 0 Å². The van der Waals surface area contributed by atoms with Gasteiger partial charge in [-0.25, -0.2) is 4.99 Å². The lowest BCUT2D eigenvalue weighted by molar-refractivity contribution is 0.410. The van der Waals surface area contributed by atoms with Crippen molar-refractivity contribution in [3.63, 3.8) is 0 Å². The highest BCUT2D eigenvalue weighted by Crippen LogP contribution is 2.28. The Balaban J connectivity index is 2.09. The molecule has 2 aromatic rings. The summed E-state index contributed by atoms with van der Waals surface area (Å²) in [5.74, 6) is 0.523. The number of benzene rings is 2. The Hall–Kier alpha value is -2.80. The molecule has 2 N–H and O–H groups in total. The Labute approximate surface area is 157 Å². The number of nitriles is 1. The molecule has 2 aromatic carbocycles. The van der Waals surface area contributed by atoms with Gasteiger partial charge in [0, 0.05) is 12.0 Å². The van der Waals surface area contributed by atoms with Gasteiger partial charge in [-0.05, 0) is 17.5 Å². The first-order valence-corrected chi connectivity index (χ1v) is 9.21. The van der Waals surface area contributed by atoms with Gasteiger partial charge < -0.3 is 5.32 Å². The van der Waals surface area contributed by atoms with E-state index in [4.69, 9.17) is 5.26 Å². The van der Waals surface area contributed by atoms with Crippen molar-refractivity contribution in [1.29, 1.82) is 5.26 Å². The van der Waals surface area contributed by atoms with Crippen LogP contribution < -0.4 is 10.6 Å². The molecule has 0 fully saturated rings. The minimum absolute atomic E-state index is 0.0120. The summed E-state index contributed by atoms with van der Waals surface area (Å²) in [5, 5.41) is 15.1. The number of nitrogens with zero attached hydrogens (tertiary/aromatic N) is 2. The minimum atomic E-state index is -0.0120. The van der Waals surface area contributed by atoms with Crippen LogP contribution in [0.3, 0.4) is 0 Å². The molecule has 4 nitrogen and oxygen atoms in total. The highest BCUT2D eigenvalue weighted by molar-refractivity contribution is 5.81. The molecule has 0 bridgehead atoms. The van der Waals surface area contributed by atoms with Gasteiger partial charge in [0.15, 0.2) is 6.19 Å². The topological polar surface area (TPSA) is 60.2 Å². The van der Waals surface area contributed by atoms with Gasteiger partial charge in [0.1, 0.15) is 0 Å². The molecular formula is C22H28N4. The van der Waals surface area contributed by atoms with Gasteiger partial charge in [0.05, 0.1) is 6.54 Å². The van der Waals surface area contributed by atoms with Crippen molar-refractivity contribution < 1.29 is 0 Å². The van der Waals surface area contributed by atoms with Crippen LogP contribution in [0.4, 0.5) is 0 Å². The lowest BCUT2D eigenvalue weighted by atomic mass is 9.78. The number of hydrogen-bond donors (Lipinski definition) is 2. The SMILES string of the molecule is CCCCC(C)(CNC(=NCc1ccccc1)NC#N)c1ccccc1. The predicted octanol–water partition coefficient (Wildman–Crippen LogP) is 4.35. The van der Waals surface area contributed by atoms with E-state index in [0.717, 1.165) is 31.4 Å². The summed E-state index contributed by atoms with van der Waals surface area (Å²) >= 11 is 0.